The van der Waals surface area contributed by atoms with E-state index in [0.29, 0.717) is 11.3 Å². The summed E-state index contributed by atoms with van der Waals surface area (Å²) in [6.07, 6.45) is 3.32. The first-order valence-corrected chi connectivity index (χ1v) is 8.50. The highest BCUT2D eigenvalue weighted by molar-refractivity contribution is 7.92. The minimum absolute atomic E-state index is 0.247. The van der Waals surface area contributed by atoms with Crippen LogP contribution >= 0.6 is 0 Å². The minimum atomic E-state index is -3.67. The molecule has 2 heterocycles. The van der Waals surface area contributed by atoms with Crippen LogP contribution in [0.15, 0.2) is 53.7 Å². The van der Waals surface area contributed by atoms with Crippen molar-refractivity contribution in [1.29, 1.82) is 0 Å². The monoisotopic (exact) mass is 328 g/mol. The number of benzene rings is 1. The average molecular weight is 328 g/mol. The van der Waals surface area contributed by atoms with Crippen LogP contribution in [0.5, 0.6) is 0 Å². The molecule has 3 aromatic rings. The second-order valence-electron chi connectivity index (χ2n) is 5.28. The molecular formula is C16H16N4O2S. The van der Waals surface area contributed by atoms with Crippen molar-refractivity contribution in [3.8, 4) is 11.3 Å². The van der Waals surface area contributed by atoms with E-state index in [-0.39, 0.29) is 10.7 Å². The highest BCUT2D eigenvalue weighted by Gasteiger charge is 2.18. The summed E-state index contributed by atoms with van der Waals surface area (Å²) in [5.41, 5.74) is 3.30. The van der Waals surface area contributed by atoms with Crippen molar-refractivity contribution in [2.45, 2.75) is 18.7 Å². The lowest BCUT2D eigenvalue weighted by Gasteiger charge is -2.08. The van der Waals surface area contributed by atoms with E-state index >= 15 is 0 Å². The number of aryl methyl sites for hydroxylation is 2. The van der Waals surface area contributed by atoms with E-state index in [9.17, 15) is 8.42 Å². The Morgan fingerprint density at radius 3 is 2.48 bits per heavy atom. The quantitative estimate of drug-likeness (QED) is 0.771. The second kappa shape index (κ2) is 5.85. The van der Waals surface area contributed by atoms with Gasteiger partial charge in [0.05, 0.1) is 10.6 Å². The molecule has 0 saturated heterocycles. The van der Waals surface area contributed by atoms with Gasteiger partial charge in [0.15, 0.2) is 5.82 Å². The number of aromatic amines is 1. The van der Waals surface area contributed by atoms with Gasteiger partial charge in [0, 0.05) is 24.0 Å². The van der Waals surface area contributed by atoms with Gasteiger partial charge in [0.1, 0.15) is 0 Å². The number of anilines is 1. The van der Waals surface area contributed by atoms with E-state index in [4.69, 9.17) is 0 Å². The summed E-state index contributed by atoms with van der Waals surface area (Å²) >= 11 is 0. The largest absolute Gasteiger partial charge is 0.276 e. The van der Waals surface area contributed by atoms with Crippen LogP contribution < -0.4 is 4.72 Å². The fourth-order valence-corrected chi connectivity index (χ4v) is 3.57. The summed E-state index contributed by atoms with van der Waals surface area (Å²) in [4.78, 5) is 4.19. The predicted molar refractivity (Wildman–Crippen MR) is 88.5 cm³/mol. The van der Waals surface area contributed by atoms with Crippen molar-refractivity contribution < 1.29 is 8.42 Å². The standard InChI is InChI=1S/C16H16N4O2S/c1-11-3-4-15(12(2)9-11)23(21,22)20-16-10-14(18-19-16)13-5-7-17-8-6-13/h3-10H,1-2H3,(H2,18,19,20). The molecule has 0 atom stereocenters. The molecule has 2 aromatic heterocycles. The molecule has 0 spiro atoms. The number of aromatic nitrogens is 3. The van der Waals surface area contributed by atoms with E-state index in [2.05, 4.69) is 19.9 Å². The third-order valence-electron chi connectivity index (χ3n) is 3.43. The summed E-state index contributed by atoms with van der Waals surface area (Å²) in [6, 6.07) is 10.5. The number of hydrogen-bond acceptors (Lipinski definition) is 4. The van der Waals surface area contributed by atoms with Gasteiger partial charge in [-0.1, -0.05) is 17.7 Å². The summed E-state index contributed by atoms with van der Waals surface area (Å²) in [5.74, 6) is 0.247. The molecule has 1 aromatic carbocycles. The van der Waals surface area contributed by atoms with Crippen LogP contribution in [-0.2, 0) is 10.0 Å². The smallest absolute Gasteiger partial charge is 0.263 e. The van der Waals surface area contributed by atoms with Crippen LogP contribution in [0.2, 0.25) is 0 Å². The Balaban J connectivity index is 1.88. The van der Waals surface area contributed by atoms with Gasteiger partial charge in [-0.3, -0.25) is 14.8 Å². The topological polar surface area (TPSA) is 87.7 Å². The summed E-state index contributed by atoms with van der Waals surface area (Å²) in [6.45, 7) is 3.69. The maximum Gasteiger partial charge on any atom is 0.263 e. The zero-order valence-electron chi connectivity index (χ0n) is 12.7. The third-order valence-corrected chi connectivity index (χ3v) is 4.94. The number of nitrogens with zero attached hydrogens (tertiary/aromatic N) is 2. The minimum Gasteiger partial charge on any atom is -0.276 e. The summed E-state index contributed by atoms with van der Waals surface area (Å²) in [5, 5.41) is 6.83. The molecule has 0 aliphatic rings. The number of rotatable bonds is 4. The Morgan fingerprint density at radius 2 is 1.78 bits per heavy atom. The highest BCUT2D eigenvalue weighted by atomic mass is 32.2. The maximum absolute atomic E-state index is 12.5. The molecule has 23 heavy (non-hydrogen) atoms. The predicted octanol–water partition coefficient (Wildman–Crippen LogP) is 2.89. The van der Waals surface area contributed by atoms with E-state index in [1.165, 1.54) is 0 Å². The van der Waals surface area contributed by atoms with Crippen LogP contribution in [0.1, 0.15) is 11.1 Å². The summed E-state index contributed by atoms with van der Waals surface area (Å²) in [7, 11) is -3.67. The summed E-state index contributed by atoms with van der Waals surface area (Å²) < 4.78 is 27.5. The zero-order valence-corrected chi connectivity index (χ0v) is 13.6. The van der Waals surface area contributed by atoms with E-state index in [1.807, 2.05) is 25.1 Å². The van der Waals surface area contributed by atoms with Crippen molar-refractivity contribution in [3.63, 3.8) is 0 Å². The number of sulfonamides is 1. The number of hydrogen-bond donors (Lipinski definition) is 2. The number of H-pyrrole nitrogens is 1. The first-order valence-electron chi connectivity index (χ1n) is 7.01. The Hall–Kier alpha value is -2.67. The van der Waals surface area contributed by atoms with Crippen LogP contribution in [0.4, 0.5) is 5.82 Å². The van der Waals surface area contributed by atoms with Gasteiger partial charge in [0.25, 0.3) is 10.0 Å². The van der Waals surface area contributed by atoms with Gasteiger partial charge >= 0.3 is 0 Å². The molecule has 6 nitrogen and oxygen atoms in total. The van der Waals surface area contributed by atoms with Crippen molar-refractivity contribution in [2.24, 2.45) is 0 Å². The number of nitrogens with one attached hydrogen (secondary N) is 2. The van der Waals surface area contributed by atoms with Gasteiger partial charge in [-0.05, 0) is 37.6 Å². The molecule has 0 radical (unpaired) electrons. The fraction of sp³-hybridized carbons (Fsp3) is 0.125. The van der Waals surface area contributed by atoms with Gasteiger partial charge in [-0.15, -0.1) is 0 Å². The molecule has 118 valence electrons. The molecule has 7 heteroatoms. The van der Waals surface area contributed by atoms with Gasteiger partial charge in [-0.2, -0.15) is 5.10 Å². The normalized spacial score (nSPS) is 11.4. The molecule has 0 amide bonds. The van der Waals surface area contributed by atoms with E-state index < -0.39 is 10.0 Å². The molecule has 0 aliphatic heterocycles. The lowest BCUT2D eigenvalue weighted by Crippen LogP contribution is -2.14. The Morgan fingerprint density at radius 1 is 1.04 bits per heavy atom. The van der Waals surface area contributed by atoms with Crippen molar-refractivity contribution in [1.82, 2.24) is 15.2 Å². The van der Waals surface area contributed by atoms with Gasteiger partial charge in [-0.25, -0.2) is 8.42 Å². The first-order chi connectivity index (χ1) is 11.0. The fourth-order valence-electron chi connectivity index (χ4n) is 2.35. The Labute approximate surface area is 134 Å². The van der Waals surface area contributed by atoms with E-state index in [0.717, 1.165) is 11.1 Å². The lowest BCUT2D eigenvalue weighted by atomic mass is 10.2. The van der Waals surface area contributed by atoms with Gasteiger partial charge in [0.2, 0.25) is 0 Å². The van der Waals surface area contributed by atoms with Crippen LogP contribution in [0.25, 0.3) is 11.3 Å². The van der Waals surface area contributed by atoms with E-state index in [1.54, 1.807) is 37.5 Å². The molecule has 0 aliphatic carbocycles. The molecule has 0 bridgehead atoms. The molecule has 0 fully saturated rings. The SMILES string of the molecule is Cc1ccc(S(=O)(=O)Nc2cc(-c3ccncc3)[nH]n2)c(C)c1. The Bertz CT molecular complexity index is 934. The van der Waals surface area contributed by atoms with Crippen molar-refractivity contribution in [3.05, 3.63) is 59.9 Å². The van der Waals surface area contributed by atoms with Crippen molar-refractivity contribution in [2.75, 3.05) is 4.72 Å². The molecule has 3 rings (SSSR count). The molecule has 0 unspecified atom stereocenters. The highest BCUT2D eigenvalue weighted by Crippen LogP contribution is 2.22. The molecule has 2 N–H and O–H groups in total. The third kappa shape index (κ3) is 3.24. The lowest BCUT2D eigenvalue weighted by molar-refractivity contribution is 0.600. The van der Waals surface area contributed by atoms with Crippen LogP contribution in [0, 0.1) is 13.8 Å². The van der Waals surface area contributed by atoms with Crippen molar-refractivity contribution >= 4 is 15.8 Å². The van der Waals surface area contributed by atoms with Crippen LogP contribution in [0.3, 0.4) is 0 Å². The zero-order chi connectivity index (χ0) is 16.4. The van der Waals surface area contributed by atoms with Gasteiger partial charge < -0.3 is 0 Å². The van der Waals surface area contributed by atoms with Crippen LogP contribution in [-0.4, -0.2) is 23.6 Å². The molecular weight excluding hydrogens is 312 g/mol. The Kier molecular flexibility index (Phi) is 3.87. The second-order valence-corrected chi connectivity index (χ2v) is 6.93. The first kappa shape index (κ1) is 15.2. The molecule has 0 saturated carbocycles. The average Bonchev–Trinajstić information content (AvgIpc) is 2.95. The maximum atomic E-state index is 12.5. The number of pyridine rings is 1.